The van der Waals surface area contributed by atoms with Crippen LogP contribution in [0.5, 0.6) is 5.75 Å². The number of benzene rings is 2. The highest BCUT2D eigenvalue weighted by molar-refractivity contribution is 7.81. The SMILES string of the molecule is C\C=C/C(c1cc(Cl)ccc1OCCn1c(C)nc2cc(C(F)(F)F)c(N3CCN(C)CC3)c(C#N)c2c1=O)=c1/scc(N(O)S)/c1=C(/C)CC. The molecule has 3 heterocycles. The minimum Gasteiger partial charge on any atom is -0.491 e. The van der Waals surface area contributed by atoms with Gasteiger partial charge in [0.25, 0.3) is 5.56 Å². The fourth-order valence-electron chi connectivity index (χ4n) is 6.25. The van der Waals surface area contributed by atoms with E-state index in [-0.39, 0.29) is 54.2 Å². The van der Waals surface area contributed by atoms with Gasteiger partial charge in [0, 0.05) is 57.5 Å². The second-order valence-electron chi connectivity index (χ2n) is 12.2. The second kappa shape index (κ2) is 15.7. The molecule has 0 bridgehead atoms. The van der Waals surface area contributed by atoms with Crippen molar-refractivity contribution in [3.05, 3.63) is 89.4 Å². The maximum Gasteiger partial charge on any atom is 0.418 e. The Kier molecular flexibility index (Phi) is 11.8. The number of hydrogen-bond acceptors (Lipinski definition) is 10. The zero-order valence-corrected chi connectivity index (χ0v) is 31.3. The Morgan fingerprint density at radius 2 is 1.96 bits per heavy atom. The van der Waals surface area contributed by atoms with E-state index < -0.39 is 17.3 Å². The van der Waals surface area contributed by atoms with E-state index in [1.54, 1.807) is 18.2 Å². The van der Waals surface area contributed by atoms with E-state index in [0.29, 0.717) is 35.1 Å². The van der Waals surface area contributed by atoms with Crippen LogP contribution in [-0.4, -0.2) is 59.5 Å². The van der Waals surface area contributed by atoms with E-state index in [1.807, 2.05) is 56.3 Å². The van der Waals surface area contributed by atoms with Gasteiger partial charge in [-0.25, -0.2) is 4.98 Å². The molecule has 0 amide bonds. The molecule has 9 nitrogen and oxygen atoms in total. The monoisotopic (exact) mass is 758 g/mol. The predicted molar refractivity (Wildman–Crippen MR) is 201 cm³/mol. The standard InChI is InChI=1S/C36H38ClF3N6O3S2/c1-6-8-24(34-31(21(3)7-2)29(20-51-34)46(48)50)25-17-23(37)9-10-30(25)49-16-15-45-22(4)42-28-18-27(36(38,39)40)33(26(19-41)32(28)35(45)47)44-13-11-43(5)12-14-44/h6,8-10,17-18,20,48,50H,7,11-16H2,1-5H3/b8-6-,31-21+,34-24-. The number of ether oxygens (including phenoxy) is 1. The first-order valence-electron chi connectivity index (χ1n) is 16.3. The lowest BCUT2D eigenvalue weighted by Crippen LogP contribution is -2.45. The van der Waals surface area contributed by atoms with Crippen molar-refractivity contribution in [3.8, 4) is 11.8 Å². The molecule has 0 unspecified atom stereocenters. The van der Waals surface area contributed by atoms with E-state index >= 15 is 0 Å². The number of hydrogen-bond donors (Lipinski definition) is 2. The van der Waals surface area contributed by atoms with Crippen LogP contribution >= 0.6 is 35.8 Å². The molecular weight excluding hydrogens is 721 g/mol. The molecule has 1 aliphatic heterocycles. The lowest BCUT2D eigenvalue weighted by Gasteiger charge is -2.36. The summed E-state index contributed by atoms with van der Waals surface area (Å²) < 4.78 is 52.5. The Balaban J connectivity index is 1.59. The van der Waals surface area contributed by atoms with Gasteiger partial charge in [0.15, 0.2) is 0 Å². The lowest BCUT2D eigenvalue weighted by molar-refractivity contribution is -0.137. The number of fused-ring (bicyclic) bond motifs is 1. The predicted octanol–water partition coefficient (Wildman–Crippen LogP) is 6.54. The van der Waals surface area contributed by atoms with Gasteiger partial charge in [0.2, 0.25) is 0 Å². The number of piperazine rings is 1. The van der Waals surface area contributed by atoms with Crippen LogP contribution in [0.15, 0.2) is 46.6 Å². The molecule has 0 aliphatic carbocycles. The number of aromatic nitrogens is 2. The van der Waals surface area contributed by atoms with Crippen molar-refractivity contribution in [2.75, 3.05) is 49.2 Å². The van der Waals surface area contributed by atoms with Crippen LogP contribution in [0, 0.1) is 18.3 Å². The number of likely N-dealkylation sites (N-methyl/N-ethyl adjacent to an activating group) is 1. The summed E-state index contributed by atoms with van der Waals surface area (Å²) in [5.74, 6) is 0.651. The van der Waals surface area contributed by atoms with Crippen LogP contribution in [0.25, 0.3) is 22.0 Å². The summed E-state index contributed by atoms with van der Waals surface area (Å²) in [7, 11) is 1.88. The molecule has 1 N–H and O–H groups in total. The van der Waals surface area contributed by atoms with E-state index in [0.717, 1.165) is 37.9 Å². The minimum atomic E-state index is -4.77. The number of halogens is 4. The van der Waals surface area contributed by atoms with Crippen LogP contribution < -0.4 is 29.4 Å². The van der Waals surface area contributed by atoms with Gasteiger partial charge in [-0.3, -0.25) is 14.6 Å². The highest BCUT2D eigenvalue weighted by Crippen LogP contribution is 2.41. The topological polar surface area (TPSA) is 97.9 Å². The van der Waals surface area contributed by atoms with Crippen molar-refractivity contribution in [1.29, 1.82) is 5.26 Å². The number of thiophene rings is 1. The fraction of sp³-hybridized carbons (Fsp3) is 0.361. The molecule has 5 rings (SSSR count). The van der Waals surface area contributed by atoms with Gasteiger partial charge in [-0.1, -0.05) is 36.2 Å². The molecule has 4 aromatic rings. The second-order valence-corrected chi connectivity index (χ2v) is 13.9. The van der Waals surface area contributed by atoms with E-state index in [2.05, 4.69) is 17.8 Å². The number of allylic oxidation sites excluding steroid dienone is 2. The molecular formula is C36H38ClF3N6O3S2. The van der Waals surface area contributed by atoms with Crippen LogP contribution in [0.3, 0.4) is 0 Å². The number of aryl methyl sites for hydroxylation is 1. The van der Waals surface area contributed by atoms with Gasteiger partial charge < -0.3 is 14.5 Å². The maximum absolute atomic E-state index is 14.4. The van der Waals surface area contributed by atoms with Crippen LogP contribution in [0.2, 0.25) is 5.02 Å². The van der Waals surface area contributed by atoms with Crippen molar-refractivity contribution in [2.24, 2.45) is 0 Å². The highest BCUT2D eigenvalue weighted by atomic mass is 35.5. The van der Waals surface area contributed by atoms with Crippen molar-refractivity contribution in [3.63, 3.8) is 0 Å². The number of anilines is 2. The van der Waals surface area contributed by atoms with Crippen LogP contribution in [0.4, 0.5) is 24.5 Å². The van der Waals surface area contributed by atoms with Crippen molar-refractivity contribution in [2.45, 2.75) is 46.8 Å². The zero-order chi connectivity index (χ0) is 37.2. The quantitative estimate of drug-likeness (QED) is 0.147. The molecule has 15 heteroatoms. The molecule has 2 aromatic carbocycles. The Hall–Kier alpha value is -4.00. The Morgan fingerprint density at radius 1 is 1.25 bits per heavy atom. The van der Waals surface area contributed by atoms with E-state index in [1.165, 1.54) is 27.7 Å². The van der Waals surface area contributed by atoms with E-state index in [9.17, 15) is 28.4 Å². The van der Waals surface area contributed by atoms with Crippen molar-refractivity contribution >= 4 is 69.2 Å². The zero-order valence-electron chi connectivity index (χ0n) is 28.8. The number of nitriles is 1. The normalized spacial score (nSPS) is 15.4. The number of nitrogens with zero attached hydrogens (tertiary/aromatic N) is 6. The molecule has 0 saturated carbocycles. The fourth-order valence-corrected chi connectivity index (χ4v) is 7.81. The summed E-state index contributed by atoms with van der Waals surface area (Å²) in [6.07, 6.45) is -0.215. The first-order valence-corrected chi connectivity index (χ1v) is 17.9. The lowest BCUT2D eigenvalue weighted by atomic mass is 10.00. The first kappa shape index (κ1) is 38.2. The molecule has 1 saturated heterocycles. The molecule has 51 heavy (non-hydrogen) atoms. The van der Waals surface area contributed by atoms with E-state index in [4.69, 9.17) is 16.3 Å². The first-order chi connectivity index (χ1) is 24.2. The largest absolute Gasteiger partial charge is 0.491 e. The number of alkyl halides is 3. The molecule has 0 atom stereocenters. The smallest absolute Gasteiger partial charge is 0.418 e. The summed E-state index contributed by atoms with van der Waals surface area (Å²) in [4.78, 5) is 21.9. The van der Waals surface area contributed by atoms with Gasteiger partial charge >= 0.3 is 6.18 Å². The van der Waals surface area contributed by atoms with Crippen molar-refractivity contribution in [1.82, 2.24) is 14.5 Å². The third-order valence-corrected chi connectivity index (χ3v) is 10.4. The number of thiol groups is 1. The summed E-state index contributed by atoms with van der Waals surface area (Å²) >= 11 is 12.1. The van der Waals surface area contributed by atoms with Gasteiger partial charge in [-0.2, -0.15) is 22.9 Å². The average Bonchev–Trinajstić information content (AvgIpc) is 3.53. The third-order valence-electron chi connectivity index (χ3n) is 8.97. The van der Waals surface area contributed by atoms with Gasteiger partial charge in [0.1, 0.15) is 24.3 Å². The molecule has 0 spiro atoms. The minimum absolute atomic E-state index is 0.000598. The summed E-state index contributed by atoms with van der Waals surface area (Å²) in [5.41, 5.74) is 0.619. The summed E-state index contributed by atoms with van der Waals surface area (Å²) in [6.45, 7) is 8.99. The maximum atomic E-state index is 14.4. The Morgan fingerprint density at radius 3 is 2.57 bits per heavy atom. The van der Waals surface area contributed by atoms with Crippen LogP contribution in [-0.2, 0) is 12.7 Å². The van der Waals surface area contributed by atoms with Gasteiger partial charge in [-0.15, -0.1) is 11.3 Å². The number of rotatable bonds is 9. The van der Waals surface area contributed by atoms with Crippen molar-refractivity contribution < 1.29 is 23.1 Å². The average molecular weight is 759 g/mol. The molecule has 1 fully saturated rings. The Bertz CT molecular complexity index is 2220. The Labute approximate surface area is 308 Å². The summed E-state index contributed by atoms with van der Waals surface area (Å²) in [6, 6.07) is 7.99. The van der Waals surface area contributed by atoms with Gasteiger partial charge in [-0.05, 0) is 71.3 Å². The van der Waals surface area contributed by atoms with Crippen LogP contribution in [0.1, 0.15) is 49.7 Å². The molecule has 1 aliphatic rings. The van der Waals surface area contributed by atoms with Gasteiger partial charge in [0.05, 0.1) is 39.9 Å². The highest BCUT2D eigenvalue weighted by Gasteiger charge is 2.39. The molecule has 2 aromatic heterocycles. The summed E-state index contributed by atoms with van der Waals surface area (Å²) in [5, 5.41) is 23.5. The third kappa shape index (κ3) is 7.78. The molecule has 0 radical (unpaired) electrons. The molecule has 270 valence electrons.